The quantitative estimate of drug-likeness (QED) is 0.580. The molecule has 0 fully saturated rings. The van der Waals surface area contributed by atoms with Gasteiger partial charge in [-0.25, -0.2) is 9.18 Å². The number of carbonyl (C=O) groups is 1. The Morgan fingerprint density at radius 1 is 1.32 bits per heavy atom. The summed E-state index contributed by atoms with van der Waals surface area (Å²) < 4.78 is 24.9. The molecule has 1 heterocycles. The van der Waals surface area contributed by atoms with Crippen LogP contribution in [0.15, 0.2) is 53.2 Å². The maximum Gasteiger partial charge on any atom is 0.356 e. The predicted molar refractivity (Wildman–Crippen MR) is 103 cm³/mol. The number of nitrogens with zero attached hydrogens (tertiary/aromatic N) is 1. The molecule has 0 spiro atoms. The van der Waals surface area contributed by atoms with Crippen LogP contribution < -0.4 is 10.2 Å². The van der Waals surface area contributed by atoms with E-state index in [0.717, 1.165) is 0 Å². The van der Waals surface area contributed by atoms with Crippen molar-refractivity contribution in [1.29, 1.82) is 0 Å². The fraction of sp³-hybridized carbons (Fsp3) is 0.200. The van der Waals surface area contributed by atoms with Gasteiger partial charge in [-0.05, 0) is 35.9 Å². The van der Waals surface area contributed by atoms with Gasteiger partial charge in [0.05, 0.1) is 20.3 Å². The molecule has 0 aromatic heterocycles. The lowest BCUT2D eigenvalue weighted by Crippen LogP contribution is -2.23. The molecule has 0 aliphatic carbocycles. The van der Waals surface area contributed by atoms with Gasteiger partial charge in [0, 0.05) is 28.3 Å². The zero-order valence-electron chi connectivity index (χ0n) is 15.2. The number of aliphatic imine (C=N–C) groups is 1. The molecule has 3 rings (SSSR count). The van der Waals surface area contributed by atoms with E-state index in [-0.39, 0.29) is 17.2 Å². The molecule has 0 amide bonds. The van der Waals surface area contributed by atoms with Gasteiger partial charge in [-0.1, -0.05) is 23.7 Å². The Hall–Kier alpha value is -2.90. The maximum atomic E-state index is 14.7. The van der Waals surface area contributed by atoms with E-state index in [1.54, 1.807) is 30.3 Å². The van der Waals surface area contributed by atoms with Crippen LogP contribution >= 0.6 is 11.6 Å². The molecule has 1 aliphatic rings. The summed E-state index contributed by atoms with van der Waals surface area (Å²) in [7, 11) is 2.73. The van der Waals surface area contributed by atoms with Gasteiger partial charge in [0.2, 0.25) is 0 Å². The summed E-state index contributed by atoms with van der Waals surface area (Å²) in [6.07, 6.45) is 1.68. The molecule has 146 valence electrons. The third-order valence-corrected chi connectivity index (χ3v) is 4.63. The smallest absolute Gasteiger partial charge is 0.356 e. The molecular weight excluding hydrogens is 387 g/mol. The highest BCUT2D eigenvalue weighted by molar-refractivity contribution is 6.41. The number of halogens is 2. The van der Waals surface area contributed by atoms with Crippen molar-refractivity contribution in [3.8, 4) is 16.9 Å². The number of benzene rings is 2. The van der Waals surface area contributed by atoms with Gasteiger partial charge in [-0.3, -0.25) is 15.7 Å². The highest BCUT2D eigenvalue weighted by atomic mass is 35.5. The molecule has 0 radical (unpaired) electrons. The average Bonchev–Trinajstić information content (AvgIpc) is 2.72. The Balaban J connectivity index is 2.18. The molecule has 0 saturated heterocycles. The highest BCUT2D eigenvalue weighted by Gasteiger charge is 2.27. The lowest BCUT2D eigenvalue weighted by Gasteiger charge is -2.24. The van der Waals surface area contributed by atoms with Crippen molar-refractivity contribution >= 4 is 23.3 Å². The standard InChI is InChI=1S/C20H18ClFN2O4/c1-27-18-5-3-4-14(19(18)13-7-6-11(21)8-15(13)22)16-9-12(24-26)10-17(23-16)20(25)28-2/h3-8,10,16,24,26H,9H2,1-2H3. The Morgan fingerprint density at radius 2 is 2.11 bits per heavy atom. The number of hydrogen-bond donors (Lipinski definition) is 2. The lowest BCUT2D eigenvalue weighted by molar-refractivity contribution is -0.132. The second-order valence-corrected chi connectivity index (χ2v) is 6.49. The molecule has 6 nitrogen and oxygen atoms in total. The number of carbonyl (C=O) groups excluding carboxylic acids is 1. The number of rotatable bonds is 5. The highest BCUT2D eigenvalue weighted by Crippen LogP contribution is 2.41. The molecule has 1 unspecified atom stereocenters. The molecule has 28 heavy (non-hydrogen) atoms. The summed E-state index contributed by atoms with van der Waals surface area (Å²) in [5.41, 5.74) is 3.91. The first kappa shape index (κ1) is 19.9. The van der Waals surface area contributed by atoms with Gasteiger partial charge in [0.1, 0.15) is 17.3 Å². The Kier molecular flexibility index (Phi) is 5.96. The summed E-state index contributed by atoms with van der Waals surface area (Å²) in [5, 5.41) is 9.64. The molecule has 8 heteroatoms. The van der Waals surface area contributed by atoms with Crippen molar-refractivity contribution in [2.24, 2.45) is 4.99 Å². The monoisotopic (exact) mass is 404 g/mol. The zero-order chi connectivity index (χ0) is 20.3. The molecule has 1 atom stereocenters. The summed E-state index contributed by atoms with van der Waals surface area (Å²) >= 11 is 5.89. The van der Waals surface area contributed by atoms with Gasteiger partial charge in [-0.2, -0.15) is 0 Å². The van der Waals surface area contributed by atoms with Crippen LogP contribution in [-0.4, -0.2) is 31.1 Å². The van der Waals surface area contributed by atoms with Crippen molar-refractivity contribution in [1.82, 2.24) is 5.48 Å². The number of nitrogens with one attached hydrogen (secondary N) is 1. The van der Waals surface area contributed by atoms with Gasteiger partial charge >= 0.3 is 5.97 Å². The summed E-state index contributed by atoms with van der Waals surface area (Å²) in [6.45, 7) is 0. The molecule has 1 aliphatic heterocycles. The minimum Gasteiger partial charge on any atom is -0.496 e. The largest absolute Gasteiger partial charge is 0.496 e. The van der Waals surface area contributed by atoms with Crippen LogP contribution in [0.5, 0.6) is 5.75 Å². The molecule has 2 aromatic carbocycles. The van der Waals surface area contributed by atoms with E-state index in [9.17, 15) is 14.4 Å². The van der Waals surface area contributed by atoms with E-state index in [1.807, 2.05) is 0 Å². The van der Waals surface area contributed by atoms with Crippen LogP contribution in [0.2, 0.25) is 5.02 Å². The number of ether oxygens (including phenoxy) is 2. The van der Waals surface area contributed by atoms with Crippen LogP contribution in [0, 0.1) is 5.82 Å². The van der Waals surface area contributed by atoms with Crippen LogP contribution in [0.1, 0.15) is 18.0 Å². The van der Waals surface area contributed by atoms with E-state index < -0.39 is 17.8 Å². The van der Waals surface area contributed by atoms with Crippen molar-refractivity contribution in [2.75, 3.05) is 14.2 Å². The fourth-order valence-electron chi connectivity index (χ4n) is 3.13. The molecule has 2 N–H and O–H groups in total. The molecular formula is C20H18ClFN2O4. The van der Waals surface area contributed by atoms with E-state index in [0.29, 0.717) is 28.1 Å². The third-order valence-electron chi connectivity index (χ3n) is 4.40. The van der Waals surface area contributed by atoms with Gasteiger partial charge in [-0.15, -0.1) is 0 Å². The fourth-order valence-corrected chi connectivity index (χ4v) is 3.29. The summed E-state index contributed by atoms with van der Waals surface area (Å²) in [6, 6.07) is 9.03. The number of esters is 1. The molecule has 0 saturated carbocycles. The predicted octanol–water partition coefficient (Wildman–Crippen LogP) is 4.08. The SMILES string of the molecule is COC(=O)C1=NC(c2cccc(OC)c2-c2ccc(Cl)cc2F)CC(NO)=C1. The van der Waals surface area contributed by atoms with Crippen LogP contribution in [0.3, 0.4) is 0 Å². The van der Waals surface area contributed by atoms with Gasteiger partial charge in [0.15, 0.2) is 0 Å². The summed E-state index contributed by atoms with van der Waals surface area (Å²) in [5.74, 6) is -0.705. The summed E-state index contributed by atoms with van der Waals surface area (Å²) in [4.78, 5) is 16.4. The number of methoxy groups -OCH3 is 2. The minimum absolute atomic E-state index is 0.0423. The van der Waals surface area contributed by atoms with Crippen molar-refractivity contribution in [3.05, 3.63) is 64.6 Å². The normalized spacial score (nSPS) is 16.1. The van der Waals surface area contributed by atoms with Crippen molar-refractivity contribution in [2.45, 2.75) is 12.5 Å². The van der Waals surface area contributed by atoms with Gasteiger partial charge in [0.25, 0.3) is 0 Å². The second-order valence-electron chi connectivity index (χ2n) is 6.06. The van der Waals surface area contributed by atoms with E-state index >= 15 is 0 Å². The van der Waals surface area contributed by atoms with Gasteiger partial charge < -0.3 is 9.47 Å². The van der Waals surface area contributed by atoms with Crippen LogP contribution in [0.25, 0.3) is 11.1 Å². The molecule has 0 bridgehead atoms. The Bertz CT molecular complexity index is 975. The Labute approximate surface area is 166 Å². The first-order chi connectivity index (χ1) is 13.5. The first-order valence-electron chi connectivity index (χ1n) is 8.37. The van der Waals surface area contributed by atoms with Crippen molar-refractivity contribution in [3.63, 3.8) is 0 Å². The number of dihydropyridines is 1. The molecule has 2 aromatic rings. The number of hydroxylamine groups is 1. The van der Waals surface area contributed by atoms with E-state index in [1.165, 1.54) is 26.4 Å². The number of hydrogen-bond acceptors (Lipinski definition) is 6. The topological polar surface area (TPSA) is 80.2 Å². The third kappa shape index (κ3) is 3.85. The minimum atomic E-state index is -0.639. The van der Waals surface area contributed by atoms with Crippen molar-refractivity contribution < 1.29 is 23.9 Å². The maximum absolute atomic E-state index is 14.7. The van der Waals surface area contributed by atoms with Crippen LogP contribution in [-0.2, 0) is 9.53 Å². The second kappa shape index (κ2) is 8.41. The lowest BCUT2D eigenvalue weighted by atomic mass is 9.90. The van der Waals surface area contributed by atoms with Crippen LogP contribution in [0.4, 0.5) is 4.39 Å². The average molecular weight is 405 g/mol. The first-order valence-corrected chi connectivity index (χ1v) is 8.75. The van der Waals surface area contributed by atoms with E-state index in [4.69, 9.17) is 21.1 Å². The zero-order valence-corrected chi connectivity index (χ0v) is 16.0. The van der Waals surface area contributed by atoms with E-state index in [2.05, 4.69) is 10.5 Å². The Morgan fingerprint density at radius 3 is 2.75 bits per heavy atom.